The summed E-state index contributed by atoms with van der Waals surface area (Å²) in [6, 6.07) is 0. The third-order valence-corrected chi connectivity index (χ3v) is 3.69. The maximum Gasteiger partial charge on any atom is 0.224 e. The molecule has 5 heteroatoms. The number of rotatable bonds is 4. The van der Waals surface area contributed by atoms with E-state index >= 15 is 0 Å². The minimum absolute atomic E-state index is 0.157. The highest BCUT2D eigenvalue weighted by molar-refractivity contribution is 5.78. The topological polar surface area (TPSA) is 49.9 Å². The first kappa shape index (κ1) is 13.3. The number of hydrogen-bond acceptors (Lipinski definition) is 3. The van der Waals surface area contributed by atoms with Crippen LogP contribution in [0.5, 0.6) is 0 Å². The number of amides is 2. The summed E-state index contributed by atoms with van der Waals surface area (Å²) < 4.78 is 5.67. The summed E-state index contributed by atoms with van der Waals surface area (Å²) in [6.07, 6.45) is 5.06. The second kappa shape index (κ2) is 6.18. The van der Waals surface area contributed by atoms with Crippen LogP contribution in [0, 0.1) is 0 Å². The Morgan fingerprint density at radius 3 is 2.56 bits per heavy atom. The highest BCUT2D eigenvalue weighted by Crippen LogP contribution is 2.16. The molecule has 0 saturated carbocycles. The highest BCUT2D eigenvalue weighted by Gasteiger charge is 2.25. The van der Waals surface area contributed by atoms with Crippen molar-refractivity contribution in [3.63, 3.8) is 0 Å². The van der Waals surface area contributed by atoms with Crippen molar-refractivity contribution in [3.05, 3.63) is 0 Å². The molecule has 0 aromatic heterocycles. The van der Waals surface area contributed by atoms with Crippen LogP contribution in [-0.4, -0.2) is 47.7 Å². The van der Waals surface area contributed by atoms with E-state index in [-0.39, 0.29) is 18.0 Å². The lowest BCUT2D eigenvalue weighted by Crippen LogP contribution is -2.42. The van der Waals surface area contributed by atoms with Crippen molar-refractivity contribution >= 4 is 11.8 Å². The van der Waals surface area contributed by atoms with Crippen LogP contribution in [0.3, 0.4) is 0 Å². The van der Waals surface area contributed by atoms with Gasteiger partial charge in [0.05, 0.1) is 0 Å². The van der Waals surface area contributed by atoms with E-state index in [1.165, 1.54) is 0 Å². The van der Waals surface area contributed by atoms with Crippen LogP contribution in [0.4, 0.5) is 0 Å². The highest BCUT2D eigenvalue weighted by atomic mass is 16.5. The largest absolute Gasteiger partial charge is 0.338 e. The fraction of sp³-hybridized carbons (Fsp3) is 0.846. The van der Waals surface area contributed by atoms with Crippen LogP contribution >= 0.6 is 0 Å². The van der Waals surface area contributed by atoms with Gasteiger partial charge in [0.15, 0.2) is 0 Å². The van der Waals surface area contributed by atoms with Crippen molar-refractivity contribution in [2.45, 2.75) is 51.7 Å². The van der Waals surface area contributed by atoms with Gasteiger partial charge in [0.25, 0.3) is 0 Å². The number of ether oxygens (including phenoxy) is 1. The number of nitrogens with zero attached hydrogens (tertiary/aromatic N) is 2. The third kappa shape index (κ3) is 3.22. The van der Waals surface area contributed by atoms with Gasteiger partial charge in [0, 0.05) is 25.9 Å². The molecule has 2 rings (SSSR count). The van der Waals surface area contributed by atoms with Gasteiger partial charge in [0.1, 0.15) is 13.0 Å². The summed E-state index contributed by atoms with van der Waals surface area (Å²) in [6.45, 7) is 3.75. The molecule has 0 aromatic carbocycles. The predicted octanol–water partition coefficient (Wildman–Crippen LogP) is 1.33. The summed E-state index contributed by atoms with van der Waals surface area (Å²) in [4.78, 5) is 26.8. The molecule has 2 saturated heterocycles. The smallest absolute Gasteiger partial charge is 0.224 e. The lowest BCUT2D eigenvalue weighted by Gasteiger charge is -2.29. The zero-order valence-corrected chi connectivity index (χ0v) is 11.1. The van der Waals surface area contributed by atoms with Crippen LogP contribution in [0.2, 0.25) is 0 Å². The van der Waals surface area contributed by atoms with Gasteiger partial charge in [-0.1, -0.05) is 6.42 Å². The van der Waals surface area contributed by atoms with Gasteiger partial charge in [-0.2, -0.15) is 0 Å². The Balaban J connectivity index is 1.80. The van der Waals surface area contributed by atoms with E-state index in [2.05, 4.69) is 0 Å². The molecule has 2 fully saturated rings. The molecule has 18 heavy (non-hydrogen) atoms. The second-order valence-electron chi connectivity index (χ2n) is 5.05. The van der Waals surface area contributed by atoms with Crippen molar-refractivity contribution in [2.75, 3.05) is 19.8 Å². The predicted molar refractivity (Wildman–Crippen MR) is 66.5 cm³/mol. The fourth-order valence-corrected chi connectivity index (χ4v) is 2.52. The lowest BCUT2D eigenvalue weighted by atomic mass is 10.2. The monoisotopic (exact) mass is 254 g/mol. The standard InChI is InChI=1S/C13H22N2O3/c1-11(15-9-4-2-3-6-13(15)17)18-10-14-8-5-7-12(14)16/h11H,2-10H2,1H3. The van der Waals surface area contributed by atoms with E-state index in [0.29, 0.717) is 19.6 Å². The molecule has 5 nitrogen and oxygen atoms in total. The molecule has 102 valence electrons. The second-order valence-corrected chi connectivity index (χ2v) is 5.05. The molecule has 1 atom stereocenters. The van der Waals surface area contributed by atoms with Crippen molar-refractivity contribution in [2.24, 2.45) is 0 Å². The van der Waals surface area contributed by atoms with Crippen molar-refractivity contribution < 1.29 is 14.3 Å². The van der Waals surface area contributed by atoms with E-state index in [0.717, 1.165) is 38.8 Å². The Hall–Kier alpha value is -1.10. The van der Waals surface area contributed by atoms with E-state index < -0.39 is 0 Å². The first-order chi connectivity index (χ1) is 8.68. The van der Waals surface area contributed by atoms with Crippen LogP contribution < -0.4 is 0 Å². The number of hydrogen-bond donors (Lipinski definition) is 0. The van der Waals surface area contributed by atoms with Gasteiger partial charge in [-0.25, -0.2) is 0 Å². The van der Waals surface area contributed by atoms with Crippen molar-refractivity contribution in [3.8, 4) is 0 Å². The van der Waals surface area contributed by atoms with E-state index in [1.807, 2.05) is 6.92 Å². The van der Waals surface area contributed by atoms with E-state index in [1.54, 1.807) is 9.80 Å². The summed E-state index contributed by atoms with van der Waals surface area (Å²) in [5, 5.41) is 0. The van der Waals surface area contributed by atoms with E-state index in [4.69, 9.17) is 4.74 Å². The molecule has 1 unspecified atom stereocenters. The number of likely N-dealkylation sites (tertiary alicyclic amines) is 2. The molecule has 0 bridgehead atoms. The minimum atomic E-state index is -0.232. The Morgan fingerprint density at radius 2 is 1.83 bits per heavy atom. The van der Waals surface area contributed by atoms with Crippen LogP contribution in [0.25, 0.3) is 0 Å². The molecule has 2 aliphatic rings. The summed E-state index contributed by atoms with van der Waals surface area (Å²) in [7, 11) is 0. The molecule has 2 heterocycles. The first-order valence-electron chi connectivity index (χ1n) is 6.87. The molecule has 0 radical (unpaired) electrons. The van der Waals surface area contributed by atoms with Crippen LogP contribution in [-0.2, 0) is 14.3 Å². The molecule has 2 amide bonds. The SMILES string of the molecule is CC(OCN1CCCC1=O)N1CCCCCC1=O. The zero-order valence-electron chi connectivity index (χ0n) is 11.1. The Bertz CT molecular complexity index is 319. The first-order valence-corrected chi connectivity index (χ1v) is 6.87. The summed E-state index contributed by atoms with van der Waals surface area (Å²) in [5.41, 5.74) is 0. The fourth-order valence-electron chi connectivity index (χ4n) is 2.52. The van der Waals surface area contributed by atoms with E-state index in [9.17, 15) is 9.59 Å². The quantitative estimate of drug-likeness (QED) is 0.760. The average molecular weight is 254 g/mol. The minimum Gasteiger partial charge on any atom is -0.338 e. The van der Waals surface area contributed by atoms with Gasteiger partial charge < -0.3 is 14.5 Å². The Kier molecular flexibility index (Phi) is 4.58. The molecule has 2 aliphatic heterocycles. The molecule has 0 N–H and O–H groups in total. The molecule has 0 aliphatic carbocycles. The zero-order chi connectivity index (χ0) is 13.0. The maximum absolute atomic E-state index is 11.9. The van der Waals surface area contributed by atoms with Gasteiger partial charge in [-0.3, -0.25) is 9.59 Å². The number of carbonyl (C=O) groups is 2. The third-order valence-electron chi connectivity index (χ3n) is 3.69. The molecule has 0 spiro atoms. The maximum atomic E-state index is 11.9. The lowest BCUT2D eigenvalue weighted by molar-refractivity contribution is -0.152. The molecular formula is C13H22N2O3. The van der Waals surface area contributed by atoms with Crippen molar-refractivity contribution in [1.29, 1.82) is 0 Å². The summed E-state index contributed by atoms with van der Waals surface area (Å²) >= 11 is 0. The van der Waals surface area contributed by atoms with Gasteiger partial charge >= 0.3 is 0 Å². The Morgan fingerprint density at radius 1 is 1.06 bits per heavy atom. The van der Waals surface area contributed by atoms with Crippen LogP contribution in [0.15, 0.2) is 0 Å². The van der Waals surface area contributed by atoms with Crippen molar-refractivity contribution in [1.82, 2.24) is 9.80 Å². The molecule has 0 aromatic rings. The Labute approximate surface area is 108 Å². The van der Waals surface area contributed by atoms with Gasteiger partial charge in [0.2, 0.25) is 11.8 Å². The number of carbonyl (C=O) groups excluding carboxylic acids is 2. The van der Waals surface area contributed by atoms with Gasteiger partial charge in [-0.05, 0) is 26.2 Å². The summed E-state index contributed by atoms with van der Waals surface area (Å²) in [5.74, 6) is 0.331. The average Bonchev–Trinajstić information content (AvgIpc) is 2.63. The van der Waals surface area contributed by atoms with Crippen LogP contribution in [0.1, 0.15) is 45.4 Å². The van der Waals surface area contributed by atoms with Gasteiger partial charge in [-0.15, -0.1) is 0 Å². The normalized spacial score (nSPS) is 23.4. The molecular weight excluding hydrogens is 232 g/mol.